The van der Waals surface area contributed by atoms with Gasteiger partial charge in [-0.05, 0) is 6.42 Å². The molecule has 0 aliphatic heterocycles. The van der Waals surface area contributed by atoms with Gasteiger partial charge in [0.25, 0.3) is 0 Å². The van der Waals surface area contributed by atoms with Crippen LogP contribution in [0.15, 0.2) is 12.5 Å². The summed E-state index contributed by atoms with van der Waals surface area (Å²) < 4.78 is 0. The van der Waals surface area contributed by atoms with Gasteiger partial charge in [-0.25, -0.2) is 14.6 Å². The zero-order chi connectivity index (χ0) is 15.7. The van der Waals surface area contributed by atoms with Crippen LogP contribution in [0.2, 0.25) is 0 Å². The predicted molar refractivity (Wildman–Crippen MR) is 75.8 cm³/mol. The van der Waals surface area contributed by atoms with Crippen LogP contribution in [0.25, 0.3) is 0 Å². The molecular weight excluding hydrogens is 276 g/mol. The van der Waals surface area contributed by atoms with Crippen molar-refractivity contribution in [2.45, 2.75) is 32.2 Å². The first-order chi connectivity index (χ1) is 10.1. The molecule has 1 aromatic heterocycles. The van der Waals surface area contributed by atoms with E-state index in [1.165, 1.54) is 17.4 Å². The number of carboxylic acid groups (broad SMARTS) is 1. The lowest BCUT2D eigenvalue weighted by Crippen LogP contribution is -2.49. The van der Waals surface area contributed by atoms with Crippen molar-refractivity contribution in [3.63, 3.8) is 0 Å². The van der Waals surface area contributed by atoms with Crippen LogP contribution in [0.4, 0.5) is 4.79 Å². The van der Waals surface area contributed by atoms with E-state index in [0.29, 0.717) is 12.2 Å². The molecule has 118 valence electrons. The fraction of sp³-hybridized carbons (Fsp3) is 0.615. The number of amides is 2. The molecule has 0 aliphatic rings. The molecule has 4 N–H and O–H groups in total. The number of aromatic amines is 1. The number of aliphatic hydroxyl groups excluding tert-OH is 1. The Balaban J connectivity index is 2.62. The van der Waals surface area contributed by atoms with Gasteiger partial charge in [0.2, 0.25) is 0 Å². The van der Waals surface area contributed by atoms with E-state index >= 15 is 0 Å². The van der Waals surface area contributed by atoms with Gasteiger partial charge < -0.3 is 25.4 Å². The summed E-state index contributed by atoms with van der Waals surface area (Å²) in [5.74, 6) is -1.11. The fourth-order valence-electron chi connectivity index (χ4n) is 1.84. The maximum absolute atomic E-state index is 12.1. The van der Waals surface area contributed by atoms with Crippen LogP contribution in [-0.4, -0.2) is 62.8 Å². The number of nitrogens with zero attached hydrogens (tertiary/aromatic N) is 2. The van der Waals surface area contributed by atoms with Crippen LogP contribution < -0.4 is 5.32 Å². The highest BCUT2D eigenvalue weighted by molar-refractivity contribution is 5.82. The number of hydrogen-bond donors (Lipinski definition) is 4. The molecule has 1 aromatic rings. The van der Waals surface area contributed by atoms with Gasteiger partial charge in [-0.1, -0.05) is 13.3 Å². The minimum Gasteiger partial charge on any atom is -0.480 e. The normalized spacial score (nSPS) is 11.9. The predicted octanol–water partition coefficient (Wildman–Crippen LogP) is 0.209. The second-order valence-corrected chi connectivity index (χ2v) is 4.69. The molecule has 8 heteroatoms. The summed E-state index contributed by atoms with van der Waals surface area (Å²) in [5.41, 5.74) is 0.630. The average molecular weight is 298 g/mol. The van der Waals surface area contributed by atoms with Crippen molar-refractivity contribution in [3.05, 3.63) is 18.2 Å². The van der Waals surface area contributed by atoms with E-state index in [2.05, 4.69) is 15.3 Å². The molecule has 1 heterocycles. The van der Waals surface area contributed by atoms with Crippen LogP contribution in [0.3, 0.4) is 0 Å². The first kappa shape index (κ1) is 17.0. The van der Waals surface area contributed by atoms with Crippen molar-refractivity contribution in [1.82, 2.24) is 20.2 Å². The van der Waals surface area contributed by atoms with Crippen LogP contribution in [0.5, 0.6) is 0 Å². The molecule has 0 saturated heterocycles. The summed E-state index contributed by atoms with van der Waals surface area (Å²) in [6.07, 6.45) is 4.80. The number of carboxylic acids is 1. The maximum Gasteiger partial charge on any atom is 0.326 e. The third-order valence-corrected chi connectivity index (χ3v) is 3.01. The monoisotopic (exact) mass is 298 g/mol. The van der Waals surface area contributed by atoms with Gasteiger partial charge in [0.05, 0.1) is 12.9 Å². The van der Waals surface area contributed by atoms with E-state index in [-0.39, 0.29) is 19.6 Å². The smallest absolute Gasteiger partial charge is 0.326 e. The van der Waals surface area contributed by atoms with E-state index < -0.39 is 18.0 Å². The molecule has 0 spiro atoms. The molecule has 0 saturated carbocycles. The van der Waals surface area contributed by atoms with Crippen molar-refractivity contribution < 1.29 is 19.8 Å². The fourth-order valence-corrected chi connectivity index (χ4v) is 1.84. The highest BCUT2D eigenvalue weighted by atomic mass is 16.4. The number of unbranched alkanes of at least 4 members (excludes halogenated alkanes) is 1. The van der Waals surface area contributed by atoms with E-state index in [1.807, 2.05) is 6.92 Å². The van der Waals surface area contributed by atoms with Crippen molar-refractivity contribution in [1.29, 1.82) is 0 Å². The number of rotatable bonds is 9. The van der Waals surface area contributed by atoms with Gasteiger partial charge in [0.1, 0.15) is 6.04 Å². The second kappa shape index (κ2) is 8.96. The zero-order valence-electron chi connectivity index (χ0n) is 12.1. The largest absolute Gasteiger partial charge is 0.480 e. The van der Waals surface area contributed by atoms with Crippen molar-refractivity contribution in [2.75, 3.05) is 19.7 Å². The van der Waals surface area contributed by atoms with Crippen molar-refractivity contribution in [2.24, 2.45) is 0 Å². The number of aliphatic carboxylic acids is 1. The number of nitrogens with one attached hydrogen (secondary N) is 2. The molecule has 0 radical (unpaired) electrons. The Morgan fingerprint density at radius 2 is 2.24 bits per heavy atom. The Labute approximate surface area is 123 Å². The van der Waals surface area contributed by atoms with E-state index in [0.717, 1.165) is 12.8 Å². The number of hydrogen-bond acceptors (Lipinski definition) is 4. The maximum atomic E-state index is 12.1. The van der Waals surface area contributed by atoms with Crippen LogP contribution in [-0.2, 0) is 11.2 Å². The Kier molecular flexibility index (Phi) is 7.24. The highest BCUT2D eigenvalue weighted by Gasteiger charge is 2.23. The number of carbonyl (C=O) groups excluding carboxylic acids is 1. The molecule has 0 unspecified atom stereocenters. The molecule has 1 rings (SSSR count). The van der Waals surface area contributed by atoms with Gasteiger partial charge in [-0.15, -0.1) is 0 Å². The molecule has 1 atom stereocenters. The summed E-state index contributed by atoms with van der Waals surface area (Å²) in [7, 11) is 0. The van der Waals surface area contributed by atoms with Gasteiger partial charge in [-0.3, -0.25) is 0 Å². The van der Waals surface area contributed by atoms with Crippen LogP contribution >= 0.6 is 0 Å². The average Bonchev–Trinajstić information content (AvgIpc) is 2.95. The third-order valence-electron chi connectivity index (χ3n) is 3.01. The lowest BCUT2D eigenvalue weighted by atomic mass is 10.1. The summed E-state index contributed by atoms with van der Waals surface area (Å²) in [5, 5.41) is 20.7. The first-order valence-corrected chi connectivity index (χ1v) is 6.94. The lowest BCUT2D eigenvalue weighted by Gasteiger charge is -2.24. The number of carbonyl (C=O) groups is 2. The SMILES string of the molecule is CCCCN(CCO)C(=O)N[C@@H](Cc1cnc[nH]1)C(=O)O. The summed E-state index contributed by atoms with van der Waals surface area (Å²) in [6, 6.07) is -1.52. The summed E-state index contributed by atoms with van der Waals surface area (Å²) >= 11 is 0. The van der Waals surface area contributed by atoms with Gasteiger partial charge >= 0.3 is 12.0 Å². The van der Waals surface area contributed by atoms with Crippen LogP contribution in [0, 0.1) is 0 Å². The molecule has 2 amide bonds. The molecule has 21 heavy (non-hydrogen) atoms. The number of aromatic nitrogens is 2. The van der Waals surface area contributed by atoms with Gasteiger partial charge in [0.15, 0.2) is 0 Å². The first-order valence-electron chi connectivity index (χ1n) is 6.94. The van der Waals surface area contributed by atoms with Crippen LogP contribution in [0.1, 0.15) is 25.5 Å². The number of H-pyrrole nitrogens is 1. The Morgan fingerprint density at radius 3 is 2.76 bits per heavy atom. The summed E-state index contributed by atoms with van der Waals surface area (Å²) in [4.78, 5) is 31.4. The zero-order valence-corrected chi connectivity index (χ0v) is 12.1. The number of imidazole rings is 1. The van der Waals surface area contributed by atoms with Crippen molar-refractivity contribution >= 4 is 12.0 Å². The van der Waals surface area contributed by atoms with Gasteiger partial charge in [0, 0.05) is 31.4 Å². The van der Waals surface area contributed by atoms with E-state index in [1.54, 1.807) is 0 Å². The highest BCUT2D eigenvalue weighted by Crippen LogP contribution is 2.02. The van der Waals surface area contributed by atoms with E-state index in [4.69, 9.17) is 5.11 Å². The number of urea groups is 1. The molecule has 0 fully saturated rings. The number of aliphatic hydroxyl groups is 1. The Bertz CT molecular complexity index is 435. The summed E-state index contributed by atoms with van der Waals surface area (Å²) in [6.45, 7) is 2.50. The Hall–Kier alpha value is -2.09. The lowest BCUT2D eigenvalue weighted by molar-refractivity contribution is -0.139. The standard InChI is InChI=1S/C13H22N4O4/c1-2-3-4-17(5-6-18)13(21)16-11(12(19)20)7-10-8-14-9-15-10/h8-9,11,18H,2-7H2,1H3,(H,14,15)(H,16,21)(H,19,20)/t11-/m0/s1. The molecule has 0 aromatic carbocycles. The van der Waals surface area contributed by atoms with Gasteiger partial charge in [-0.2, -0.15) is 0 Å². The molecule has 8 nitrogen and oxygen atoms in total. The third kappa shape index (κ3) is 5.82. The molecule has 0 bridgehead atoms. The minimum atomic E-state index is -1.11. The Morgan fingerprint density at radius 1 is 1.48 bits per heavy atom. The second-order valence-electron chi connectivity index (χ2n) is 4.69. The molecule has 0 aliphatic carbocycles. The molecular formula is C13H22N4O4. The topological polar surface area (TPSA) is 119 Å². The quantitative estimate of drug-likeness (QED) is 0.519. The minimum absolute atomic E-state index is 0.127. The van der Waals surface area contributed by atoms with Crippen molar-refractivity contribution in [3.8, 4) is 0 Å². The van der Waals surface area contributed by atoms with E-state index in [9.17, 15) is 14.7 Å².